The van der Waals surface area contributed by atoms with E-state index in [0.29, 0.717) is 18.3 Å². The van der Waals surface area contributed by atoms with Gasteiger partial charge in [0.1, 0.15) is 0 Å². The van der Waals surface area contributed by atoms with Crippen molar-refractivity contribution in [2.75, 3.05) is 20.3 Å². The van der Waals surface area contributed by atoms with Gasteiger partial charge in [-0.1, -0.05) is 43.5 Å². The first kappa shape index (κ1) is 17.9. The largest absolute Gasteiger partial charge is 0.383 e. The Morgan fingerprint density at radius 3 is 2.57 bits per heavy atom. The lowest BCUT2D eigenvalue weighted by molar-refractivity contribution is 0.204. The first-order chi connectivity index (χ1) is 11.2. The van der Waals surface area contributed by atoms with Crippen molar-refractivity contribution in [1.82, 2.24) is 10.7 Å². The van der Waals surface area contributed by atoms with Crippen LogP contribution in [0.25, 0.3) is 0 Å². The number of nitrogens with one attached hydrogen (secondary N) is 2. The lowest BCUT2D eigenvalue weighted by Gasteiger charge is -2.22. The minimum absolute atomic E-state index is 0.514. The first-order valence-corrected chi connectivity index (χ1v) is 8.79. The molecule has 1 saturated carbocycles. The Bertz CT molecular complexity index is 522. The Labute approximate surface area is 144 Å². The summed E-state index contributed by atoms with van der Waals surface area (Å²) in [5.74, 6) is 0.741. The average molecular weight is 334 g/mol. The topological polar surface area (TPSA) is 45.6 Å². The highest BCUT2D eigenvalue weighted by atomic mass is 32.1. The molecule has 5 heteroatoms. The van der Waals surface area contributed by atoms with Crippen LogP contribution in [0.4, 0.5) is 0 Å². The molecule has 126 valence electrons. The lowest BCUT2D eigenvalue weighted by Crippen LogP contribution is -2.34. The van der Waals surface area contributed by atoms with Crippen LogP contribution in [0.1, 0.15) is 56.1 Å². The predicted molar refractivity (Wildman–Crippen MR) is 100 cm³/mol. The van der Waals surface area contributed by atoms with Gasteiger partial charge >= 0.3 is 0 Å². The fraction of sp³-hybridized carbons (Fsp3) is 0.556. The lowest BCUT2D eigenvalue weighted by atomic mass is 9.84. The summed E-state index contributed by atoms with van der Waals surface area (Å²) >= 11 is 5.16. The van der Waals surface area contributed by atoms with Crippen LogP contribution in [-0.4, -0.2) is 31.1 Å². The van der Waals surface area contributed by atoms with Gasteiger partial charge in [0.25, 0.3) is 0 Å². The summed E-state index contributed by atoms with van der Waals surface area (Å²) in [4.78, 5) is 0. The van der Waals surface area contributed by atoms with Crippen LogP contribution in [0.3, 0.4) is 0 Å². The second-order valence-corrected chi connectivity index (χ2v) is 6.42. The summed E-state index contributed by atoms with van der Waals surface area (Å²) in [6, 6.07) is 8.82. The fourth-order valence-corrected chi connectivity index (χ4v) is 3.09. The summed E-state index contributed by atoms with van der Waals surface area (Å²) in [6.07, 6.45) is 6.78. The molecule has 1 aliphatic carbocycles. The van der Waals surface area contributed by atoms with Crippen molar-refractivity contribution in [3.8, 4) is 0 Å². The molecule has 23 heavy (non-hydrogen) atoms. The van der Waals surface area contributed by atoms with E-state index in [9.17, 15) is 0 Å². The van der Waals surface area contributed by atoms with Crippen molar-refractivity contribution < 1.29 is 4.74 Å². The molecular weight excluding hydrogens is 306 g/mol. The Morgan fingerprint density at radius 2 is 1.91 bits per heavy atom. The second-order valence-electron chi connectivity index (χ2n) is 6.01. The van der Waals surface area contributed by atoms with E-state index in [1.54, 1.807) is 7.11 Å². The van der Waals surface area contributed by atoms with E-state index in [-0.39, 0.29) is 0 Å². The molecule has 0 aromatic heterocycles. The number of ether oxygens (including phenoxy) is 1. The molecule has 1 fully saturated rings. The molecule has 4 nitrogen and oxygen atoms in total. The van der Waals surface area contributed by atoms with E-state index in [2.05, 4.69) is 40.1 Å². The number of hydrogen-bond donors (Lipinski definition) is 2. The van der Waals surface area contributed by atoms with Crippen LogP contribution in [0.15, 0.2) is 29.4 Å². The molecular formula is C18H27N3OS. The quantitative estimate of drug-likeness (QED) is 0.362. The number of methoxy groups -OCH3 is 1. The molecule has 0 saturated heterocycles. The molecule has 0 spiro atoms. The van der Waals surface area contributed by atoms with Crippen LogP contribution in [-0.2, 0) is 4.74 Å². The number of hydrazone groups is 1. The summed E-state index contributed by atoms with van der Waals surface area (Å²) in [5.41, 5.74) is 6.38. The molecule has 0 atom stereocenters. The summed E-state index contributed by atoms with van der Waals surface area (Å²) in [5, 5.41) is 7.88. The van der Waals surface area contributed by atoms with Gasteiger partial charge in [0.15, 0.2) is 5.11 Å². The summed E-state index contributed by atoms with van der Waals surface area (Å²) < 4.78 is 4.96. The first-order valence-electron chi connectivity index (χ1n) is 8.38. The zero-order valence-corrected chi connectivity index (χ0v) is 14.9. The molecule has 0 heterocycles. The SMILES string of the molecule is COCCNC(=S)N/N=C(/C)c1ccc(C2CCCCC2)cc1. The van der Waals surface area contributed by atoms with Crippen molar-refractivity contribution in [3.63, 3.8) is 0 Å². The van der Waals surface area contributed by atoms with Crippen molar-refractivity contribution in [2.24, 2.45) is 5.10 Å². The van der Waals surface area contributed by atoms with Crippen molar-refractivity contribution in [3.05, 3.63) is 35.4 Å². The maximum Gasteiger partial charge on any atom is 0.187 e. The minimum atomic E-state index is 0.514. The summed E-state index contributed by atoms with van der Waals surface area (Å²) in [6.45, 7) is 3.28. The molecule has 0 radical (unpaired) electrons. The van der Waals surface area contributed by atoms with E-state index < -0.39 is 0 Å². The minimum Gasteiger partial charge on any atom is -0.383 e. The zero-order valence-electron chi connectivity index (χ0n) is 14.1. The van der Waals surface area contributed by atoms with Gasteiger partial charge in [0, 0.05) is 13.7 Å². The maximum absolute atomic E-state index is 5.16. The molecule has 2 N–H and O–H groups in total. The molecule has 0 unspecified atom stereocenters. The highest BCUT2D eigenvalue weighted by Crippen LogP contribution is 2.32. The Morgan fingerprint density at radius 1 is 1.22 bits per heavy atom. The molecule has 0 bridgehead atoms. The van der Waals surface area contributed by atoms with Gasteiger partial charge < -0.3 is 10.1 Å². The van der Waals surface area contributed by atoms with Crippen LogP contribution >= 0.6 is 12.2 Å². The third kappa shape index (κ3) is 5.92. The maximum atomic E-state index is 5.16. The molecule has 1 aromatic carbocycles. The van der Waals surface area contributed by atoms with Crippen LogP contribution in [0.2, 0.25) is 0 Å². The smallest absolute Gasteiger partial charge is 0.187 e. The molecule has 0 aliphatic heterocycles. The number of rotatable bonds is 6. The zero-order chi connectivity index (χ0) is 16.5. The Hall–Kier alpha value is -1.46. The number of benzene rings is 1. The van der Waals surface area contributed by atoms with Gasteiger partial charge in [-0.15, -0.1) is 0 Å². The van der Waals surface area contributed by atoms with Gasteiger partial charge in [-0.3, -0.25) is 5.43 Å². The van der Waals surface area contributed by atoms with Crippen LogP contribution in [0, 0.1) is 0 Å². The van der Waals surface area contributed by atoms with Crippen molar-refractivity contribution in [1.29, 1.82) is 0 Å². The summed E-state index contributed by atoms with van der Waals surface area (Å²) in [7, 11) is 1.66. The van der Waals surface area contributed by atoms with Gasteiger partial charge in [-0.05, 0) is 49.0 Å². The molecule has 0 amide bonds. The van der Waals surface area contributed by atoms with Crippen molar-refractivity contribution in [2.45, 2.75) is 44.9 Å². The molecule has 1 aliphatic rings. The molecule has 1 aromatic rings. The van der Waals surface area contributed by atoms with Crippen LogP contribution < -0.4 is 10.7 Å². The van der Waals surface area contributed by atoms with Gasteiger partial charge in [0.05, 0.1) is 12.3 Å². The van der Waals surface area contributed by atoms with Crippen molar-refractivity contribution >= 4 is 23.0 Å². The Balaban J connectivity index is 1.87. The highest BCUT2D eigenvalue weighted by molar-refractivity contribution is 7.80. The third-order valence-electron chi connectivity index (χ3n) is 4.32. The van der Waals surface area contributed by atoms with E-state index in [1.807, 2.05) is 6.92 Å². The normalized spacial score (nSPS) is 16.2. The Kier molecular flexibility index (Phi) is 7.49. The number of hydrogen-bond acceptors (Lipinski definition) is 3. The predicted octanol–water partition coefficient (Wildman–Crippen LogP) is 3.57. The third-order valence-corrected chi connectivity index (χ3v) is 4.56. The van der Waals surface area contributed by atoms with Gasteiger partial charge in [-0.2, -0.15) is 5.10 Å². The van der Waals surface area contributed by atoms with Gasteiger partial charge in [-0.25, -0.2) is 0 Å². The second kappa shape index (κ2) is 9.63. The number of nitrogens with zero attached hydrogens (tertiary/aromatic N) is 1. The van der Waals surface area contributed by atoms with E-state index in [0.717, 1.165) is 17.2 Å². The monoisotopic (exact) mass is 333 g/mol. The van der Waals surface area contributed by atoms with Crippen LogP contribution in [0.5, 0.6) is 0 Å². The molecule has 2 rings (SSSR count). The van der Waals surface area contributed by atoms with E-state index in [1.165, 1.54) is 37.7 Å². The van der Waals surface area contributed by atoms with Gasteiger partial charge in [0.2, 0.25) is 0 Å². The average Bonchev–Trinajstić information content (AvgIpc) is 2.61. The standard InChI is InChI=1S/C18H27N3OS/c1-14(20-21-18(23)19-12-13-22-2)15-8-10-17(11-9-15)16-6-4-3-5-7-16/h8-11,16H,3-7,12-13H2,1-2H3,(H2,19,21,23)/b20-14-. The number of thiocarbonyl (C=S) groups is 1. The fourth-order valence-electron chi connectivity index (χ4n) is 2.94. The highest BCUT2D eigenvalue weighted by Gasteiger charge is 2.15. The van der Waals surface area contributed by atoms with E-state index in [4.69, 9.17) is 17.0 Å². The van der Waals surface area contributed by atoms with E-state index >= 15 is 0 Å².